The molecule has 0 unspecified atom stereocenters. The molecule has 0 bridgehead atoms. The molecule has 1 aliphatic rings. The zero-order valence-electron chi connectivity index (χ0n) is 17.1. The van der Waals surface area contributed by atoms with Crippen molar-refractivity contribution < 1.29 is 17.9 Å². The summed E-state index contributed by atoms with van der Waals surface area (Å²) < 4.78 is 41.3. The maximum absolute atomic E-state index is 13.2. The van der Waals surface area contributed by atoms with E-state index in [2.05, 4.69) is 18.9 Å². The molecular formula is C19H17N7O5S2. The number of nitro groups is 1. The van der Waals surface area contributed by atoms with Crippen LogP contribution in [0.15, 0.2) is 51.9 Å². The van der Waals surface area contributed by atoms with E-state index in [4.69, 9.17) is 4.52 Å². The van der Waals surface area contributed by atoms with E-state index < -0.39 is 14.9 Å². The Labute approximate surface area is 192 Å². The Morgan fingerprint density at radius 3 is 2.55 bits per heavy atom. The van der Waals surface area contributed by atoms with Gasteiger partial charge in [0.05, 0.1) is 23.2 Å². The lowest BCUT2D eigenvalue weighted by Gasteiger charge is -2.33. The van der Waals surface area contributed by atoms with Crippen LogP contribution < -0.4 is 0 Å². The first kappa shape index (κ1) is 21.5. The van der Waals surface area contributed by atoms with Crippen LogP contribution in [0.2, 0.25) is 0 Å². The van der Waals surface area contributed by atoms with Crippen LogP contribution in [0.1, 0.15) is 5.89 Å². The van der Waals surface area contributed by atoms with E-state index in [0.29, 0.717) is 61.0 Å². The number of sulfonamides is 1. The van der Waals surface area contributed by atoms with Crippen LogP contribution in [-0.2, 0) is 16.6 Å². The van der Waals surface area contributed by atoms with Crippen molar-refractivity contribution in [1.29, 1.82) is 0 Å². The first-order valence-corrected chi connectivity index (χ1v) is 12.1. The van der Waals surface area contributed by atoms with E-state index in [1.807, 2.05) is 4.90 Å². The number of hydrogen-bond donors (Lipinski definition) is 0. The first-order chi connectivity index (χ1) is 15.9. The van der Waals surface area contributed by atoms with Crippen LogP contribution in [0, 0.1) is 10.1 Å². The van der Waals surface area contributed by atoms with E-state index in [0.717, 1.165) is 11.7 Å². The van der Waals surface area contributed by atoms with Crippen molar-refractivity contribution in [2.45, 2.75) is 11.4 Å². The van der Waals surface area contributed by atoms with Crippen LogP contribution in [0.3, 0.4) is 0 Å². The number of nitrogens with zero attached hydrogens (tertiary/aromatic N) is 7. The Morgan fingerprint density at radius 1 is 1.06 bits per heavy atom. The summed E-state index contributed by atoms with van der Waals surface area (Å²) in [6.07, 6.45) is 0. The van der Waals surface area contributed by atoms with Gasteiger partial charge in [0.2, 0.25) is 21.7 Å². The van der Waals surface area contributed by atoms with Gasteiger partial charge in [0.15, 0.2) is 0 Å². The molecule has 1 saturated heterocycles. The van der Waals surface area contributed by atoms with Crippen molar-refractivity contribution in [2.75, 3.05) is 26.2 Å². The Balaban J connectivity index is 1.23. The highest BCUT2D eigenvalue weighted by molar-refractivity contribution is 7.89. The van der Waals surface area contributed by atoms with Gasteiger partial charge in [0.25, 0.3) is 5.69 Å². The van der Waals surface area contributed by atoms with E-state index >= 15 is 0 Å². The summed E-state index contributed by atoms with van der Waals surface area (Å²) in [5.41, 5.74) is 1.56. The van der Waals surface area contributed by atoms with Gasteiger partial charge in [-0.25, -0.2) is 8.42 Å². The highest BCUT2D eigenvalue weighted by Gasteiger charge is 2.31. The molecule has 2 aromatic carbocycles. The fourth-order valence-electron chi connectivity index (χ4n) is 3.62. The third kappa shape index (κ3) is 4.20. The van der Waals surface area contributed by atoms with E-state index in [1.54, 1.807) is 30.3 Å². The topological polar surface area (TPSA) is 148 Å². The molecule has 0 N–H and O–H groups in total. The fraction of sp³-hybridized carbons (Fsp3) is 0.263. The second-order valence-electron chi connectivity index (χ2n) is 7.38. The van der Waals surface area contributed by atoms with Crippen LogP contribution in [0.4, 0.5) is 5.69 Å². The molecule has 12 nitrogen and oxygen atoms in total. The average molecular weight is 488 g/mol. The Bertz CT molecular complexity index is 1410. The Morgan fingerprint density at radius 2 is 1.82 bits per heavy atom. The normalized spacial score (nSPS) is 15.8. The van der Waals surface area contributed by atoms with Crippen molar-refractivity contribution in [3.63, 3.8) is 0 Å². The molecule has 0 atom stereocenters. The summed E-state index contributed by atoms with van der Waals surface area (Å²) in [6, 6.07) is 10.9. The number of fused-ring (bicyclic) bond motifs is 1. The van der Waals surface area contributed by atoms with Gasteiger partial charge in [-0.3, -0.25) is 15.0 Å². The summed E-state index contributed by atoms with van der Waals surface area (Å²) in [6.45, 7) is 2.01. The highest BCUT2D eigenvalue weighted by atomic mass is 32.2. The van der Waals surface area contributed by atoms with Gasteiger partial charge in [-0.2, -0.15) is 18.0 Å². The molecule has 0 amide bonds. The van der Waals surface area contributed by atoms with Crippen molar-refractivity contribution >= 4 is 38.5 Å². The quantitative estimate of drug-likeness (QED) is 0.292. The fourth-order valence-corrected chi connectivity index (χ4v) is 5.79. The third-order valence-electron chi connectivity index (χ3n) is 5.36. The largest absolute Gasteiger partial charge is 0.338 e. The zero-order valence-corrected chi connectivity index (χ0v) is 18.7. The Kier molecular flexibility index (Phi) is 5.57. The molecule has 33 heavy (non-hydrogen) atoms. The smallest absolute Gasteiger partial charge is 0.269 e. The maximum Gasteiger partial charge on any atom is 0.269 e. The lowest BCUT2D eigenvalue weighted by molar-refractivity contribution is -0.384. The van der Waals surface area contributed by atoms with Gasteiger partial charge in [0.1, 0.15) is 15.9 Å². The summed E-state index contributed by atoms with van der Waals surface area (Å²) in [5.74, 6) is 0.726. The molecule has 2 aromatic heterocycles. The third-order valence-corrected chi connectivity index (χ3v) is 7.83. The molecule has 5 rings (SSSR count). The van der Waals surface area contributed by atoms with Gasteiger partial charge in [-0.05, 0) is 24.3 Å². The van der Waals surface area contributed by atoms with E-state index in [1.165, 1.54) is 16.4 Å². The summed E-state index contributed by atoms with van der Waals surface area (Å²) in [7, 11) is -3.68. The summed E-state index contributed by atoms with van der Waals surface area (Å²) in [4.78, 5) is 16.9. The molecule has 0 radical (unpaired) electrons. The van der Waals surface area contributed by atoms with Crippen molar-refractivity contribution in [1.82, 2.24) is 28.1 Å². The molecular weight excluding hydrogens is 470 g/mol. The molecule has 0 spiro atoms. The van der Waals surface area contributed by atoms with Crippen molar-refractivity contribution in [2.24, 2.45) is 0 Å². The molecule has 4 aromatic rings. The van der Waals surface area contributed by atoms with Gasteiger partial charge in [-0.1, -0.05) is 11.2 Å². The summed E-state index contributed by atoms with van der Waals surface area (Å²) in [5, 5.41) is 14.7. The molecule has 170 valence electrons. The van der Waals surface area contributed by atoms with E-state index in [9.17, 15) is 18.5 Å². The van der Waals surface area contributed by atoms with Gasteiger partial charge in [-0.15, -0.1) is 0 Å². The number of benzene rings is 2. The van der Waals surface area contributed by atoms with Crippen LogP contribution in [-0.4, -0.2) is 67.6 Å². The molecule has 0 aliphatic carbocycles. The predicted molar refractivity (Wildman–Crippen MR) is 118 cm³/mol. The summed E-state index contributed by atoms with van der Waals surface area (Å²) >= 11 is 0.989. The molecule has 1 fully saturated rings. The molecule has 1 aliphatic heterocycles. The number of non-ortho nitro benzene ring substituents is 1. The minimum atomic E-state index is -3.68. The second-order valence-corrected chi connectivity index (χ2v) is 9.82. The lowest BCUT2D eigenvalue weighted by atomic mass is 10.2. The minimum absolute atomic E-state index is 0.0161. The molecule has 3 heterocycles. The van der Waals surface area contributed by atoms with Gasteiger partial charge >= 0.3 is 0 Å². The lowest BCUT2D eigenvalue weighted by Crippen LogP contribution is -2.48. The second kappa shape index (κ2) is 8.55. The number of hydrogen-bond acceptors (Lipinski definition) is 11. The number of rotatable bonds is 6. The Hall–Kier alpha value is -3.33. The van der Waals surface area contributed by atoms with Crippen molar-refractivity contribution in [3.05, 3.63) is 58.5 Å². The zero-order chi connectivity index (χ0) is 23.0. The highest BCUT2D eigenvalue weighted by Crippen LogP contribution is 2.26. The predicted octanol–water partition coefficient (Wildman–Crippen LogP) is 2.16. The van der Waals surface area contributed by atoms with E-state index in [-0.39, 0.29) is 10.6 Å². The van der Waals surface area contributed by atoms with Crippen LogP contribution in [0.5, 0.6) is 0 Å². The van der Waals surface area contributed by atoms with Crippen LogP contribution in [0.25, 0.3) is 22.4 Å². The van der Waals surface area contributed by atoms with Gasteiger partial charge in [0, 0.05) is 43.9 Å². The average Bonchev–Trinajstić information content (AvgIpc) is 3.49. The number of piperazine rings is 1. The number of aromatic nitrogens is 4. The molecule has 14 heteroatoms. The van der Waals surface area contributed by atoms with Gasteiger partial charge < -0.3 is 4.52 Å². The van der Waals surface area contributed by atoms with Crippen LogP contribution >= 0.6 is 11.7 Å². The standard InChI is InChI=1S/C19H17N7O5S2/c27-26(28)14-6-4-13(5-7-14)19-20-17(31-21-19)12-24-8-10-25(11-9-24)33(29,30)16-3-1-2-15-18(16)23-32-22-15/h1-7H,8-12H2. The monoisotopic (exact) mass is 487 g/mol. The van der Waals surface area contributed by atoms with Crippen molar-refractivity contribution in [3.8, 4) is 11.4 Å². The SMILES string of the molecule is O=[N+]([O-])c1ccc(-c2noc(CN3CCN(S(=O)(=O)c4cccc5nsnc45)CC3)n2)cc1. The first-order valence-electron chi connectivity index (χ1n) is 9.93. The number of nitro benzene ring substituents is 1. The maximum atomic E-state index is 13.2. The molecule has 0 saturated carbocycles. The minimum Gasteiger partial charge on any atom is -0.338 e.